The molecule has 0 spiro atoms. The first kappa shape index (κ1) is 14.5. The molecule has 1 N–H and O–H groups in total. The molecule has 1 unspecified atom stereocenters. The average molecular weight is 279 g/mol. The molecule has 0 bridgehead atoms. The lowest BCUT2D eigenvalue weighted by Gasteiger charge is -2.32. The molecule has 1 atom stereocenters. The van der Waals surface area contributed by atoms with Gasteiger partial charge in [0.05, 0.1) is 25.9 Å². The van der Waals surface area contributed by atoms with E-state index in [-0.39, 0.29) is 12.6 Å². The van der Waals surface area contributed by atoms with Gasteiger partial charge in [0.2, 0.25) is 0 Å². The van der Waals surface area contributed by atoms with E-state index in [1.54, 1.807) is 24.3 Å². The van der Waals surface area contributed by atoms with Gasteiger partial charge in [0.1, 0.15) is 6.04 Å². The van der Waals surface area contributed by atoms with Crippen molar-refractivity contribution < 1.29 is 24.2 Å². The molecule has 1 aromatic carbocycles. The molecule has 108 valence electrons. The highest BCUT2D eigenvalue weighted by Crippen LogP contribution is 2.14. The van der Waals surface area contributed by atoms with E-state index in [9.17, 15) is 9.59 Å². The molecular weight excluding hydrogens is 262 g/mol. The zero-order valence-corrected chi connectivity index (χ0v) is 11.2. The number of nitrogens with zero attached hydrogens (tertiary/aromatic N) is 1. The third kappa shape index (κ3) is 3.34. The largest absolute Gasteiger partial charge is 0.480 e. The molecule has 0 radical (unpaired) electrons. The molecule has 1 aromatic rings. The van der Waals surface area contributed by atoms with Crippen LogP contribution in [0.5, 0.6) is 0 Å². The number of carbonyl (C=O) groups is 2. The zero-order chi connectivity index (χ0) is 14.5. The van der Waals surface area contributed by atoms with Gasteiger partial charge in [-0.05, 0) is 17.7 Å². The molecule has 1 heterocycles. The first-order valence-corrected chi connectivity index (χ1v) is 6.33. The normalized spacial score (nSPS) is 19.6. The predicted molar refractivity (Wildman–Crippen MR) is 70.4 cm³/mol. The van der Waals surface area contributed by atoms with Crippen LogP contribution in [0.25, 0.3) is 0 Å². The van der Waals surface area contributed by atoms with E-state index in [0.717, 1.165) is 5.56 Å². The summed E-state index contributed by atoms with van der Waals surface area (Å²) < 4.78 is 9.82. The van der Waals surface area contributed by atoms with Crippen molar-refractivity contribution in [2.24, 2.45) is 0 Å². The third-order valence-corrected chi connectivity index (χ3v) is 3.29. The summed E-state index contributed by atoms with van der Waals surface area (Å²) in [6.07, 6.45) is 0. The van der Waals surface area contributed by atoms with Crippen LogP contribution >= 0.6 is 0 Å². The number of methoxy groups -OCH3 is 1. The van der Waals surface area contributed by atoms with Crippen molar-refractivity contribution >= 4 is 11.9 Å². The second-order valence-corrected chi connectivity index (χ2v) is 4.59. The van der Waals surface area contributed by atoms with Crippen molar-refractivity contribution in [2.75, 3.05) is 26.9 Å². The molecule has 1 fully saturated rings. The number of rotatable bonds is 4. The minimum Gasteiger partial charge on any atom is -0.480 e. The van der Waals surface area contributed by atoms with E-state index >= 15 is 0 Å². The summed E-state index contributed by atoms with van der Waals surface area (Å²) in [5.41, 5.74) is 1.43. The van der Waals surface area contributed by atoms with Gasteiger partial charge in [-0.25, -0.2) is 4.79 Å². The number of hydrogen-bond donors (Lipinski definition) is 1. The Balaban J connectivity index is 2.05. The summed E-state index contributed by atoms with van der Waals surface area (Å²) >= 11 is 0. The Morgan fingerprint density at radius 1 is 1.40 bits per heavy atom. The number of ether oxygens (including phenoxy) is 2. The molecule has 1 saturated heterocycles. The van der Waals surface area contributed by atoms with Crippen LogP contribution in [0, 0.1) is 0 Å². The zero-order valence-electron chi connectivity index (χ0n) is 11.2. The fourth-order valence-electron chi connectivity index (χ4n) is 2.15. The van der Waals surface area contributed by atoms with Crippen LogP contribution in [0.15, 0.2) is 24.3 Å². The SMILES string of the molecule is COC(=O)c1ccc(CN2CCOCC2C(=O)O)cc1. The molecule has 0 aliphatic carbocycles. The standard InChI is InChI=1S/C14H17NO5/c1-19-14(18)11-4-2-10(3-5-11)8-15-6-7-20-9-12(15)13(16)17/h2-5,12H,6-9H2,1H3,(H,16,17). The lowest BCUT2D eigenvalue weighted by molar-refractivity contribution is -0.150. The highest BCUT2D eigenvalue weighted by atomic mass is 16.5. The van der Waals surface area contributed by atoms with Crippen molar-refractivity contribution in [1.82, 2.24) is 4.90 Å². The van der Waals surface area contributed by atoms with Gasteiger partial charge >= 0.3 is 11.9 Å². The molecule has 0 amide bonds. The first-order chi connectivity index (χ1) is 9.61. The van der Waals surface area contributed by atoms with Gasteiger partial charge in [-0.15, -0.1) is 0 Å². The summed E-state index contributed by atoms with van der Waals surface area (Å²) in [4.78, 5) is 24.3. The summed E-state index contributed by atoms with van der Waals surface area (Å²) in [7, 11) is 1.33. The van der Waals surface area contributed by atoms with Crippen LogP contribution in [-0.4, -0.2) is 54.9 Å². The molecule has 20 heavy (non-hydrogen) atoms. The molecule has 0 saturated carbocycles. The number of aliphatic carboxylic acids is 1. The fraction of sp³-hybridized carbons (Fsp3) is 0.429. The number of carbonyl (C=O) groups excluding carboxylic acids is 1. The Labute approximate surface area is 116 Å². The van der Waals surface area contributed by atoms with Crippen LogP contribution in [0.4, 0.5) is 0 Å². The third-order valence-electron chi connectivity index (χ3n) is 3.29. The lowest BCUT2D eigenvalue weighted by Crippen LogP contribution is -2.49. The van der Waals surface area contributed by atoms with Gasteiger partial charge in [-0.1, -0.05) is 12.1 Å². The number of morpholine rings is 1. The molecule has 2 rings (SSSR count). The Kier molecular flexibility index (Phi) is 4.70. The number of esters is 1. The topological polar surface area (TPSA) is 76.1 Å². The van der Waals surface area contributed by atoms with Gasteiger partial charge in [-0.3, -0.25) is 9.69 Å². The number of hydrogen-bond acceptors (Lipinski definition) is 5. The molecule has 1 aliphatic heterocycles. The van der Waals surface area contributed by atoms with Crippen LogP contribution in [0.2, 0.25) is 0 Å². The lowest BCUT2D eigenvalue weighted by atomic mass is 10.1. The summed E-state index contributed by atoms with van der Waals surface area (Å²) in [6.45, 7) is 1.83. The smallest absolute Gasteiger partial charge is 0.337 e. The van der Waals surface area contributed by atoms with Gasteiger partial charge in [-0.2, -0.15) is 0 Å². The van der Waals surface area contributed by atoms with Gasteiger partial charge < -0.3 is 14.6 Å². The summed E-state index contributed by atoms with van der Waals surface area (Å²) in [6, 6.07) is 6.35. The molecule has 1 aliphatic rings. The van der Waals surface area contributed by atoms with Crippen molar-refractivity contribution in [1.29, 1.82) is 0 Å². The van der Waals surface area contributed by atoms with E-state index in [1.807, 2.05) is 4.90 Å². The minimum atomic E-state index is -0.879. The van der Waals surface area contributed by atoms with Crippen molar-refractivity contribution in [3.63, 3.8) is 0 Å². The van der Waals surface area contributed by atoms with E-state index < -0.39 is 12.0 Å². The molecular formula is C14H17NO5. The second kappa shape index (κ2) is 6.49. The number of carboxylic acids is 1. The number of benzene rings is 1. The maximum absolute atomic E-state index is 11.3. The van der Waals surface area contributed by atoms with Crippen LogP contribution in [-0.2, 0) is 20.8 Å². The summed E-state index contributed by atoms with van der Waals surface area (Å²) in [5, 5.41) is 9.15. The number of carboxylic acid groups (broad SMARTS) is 1. The van der Waals surface area contributed by atoms with Gasteiger partial charge in [0.25, 0.3) is 0 Å². The monoisotopic (exact) mass is 279 g/mol. The van der Waals surface area contributed by atoms with E-state index in [2.05, 4.69) is 4.74 Å². The van der Waals surface area contributed by atoms with E-state index in [1.165, 1.54) is 7.11 Å². The average Bonchev–Trinajstić information content (AvgIpc) is 2.47. The summed E-state index contributed by atoms with van der Waals surface area (Å²) in [5.74, 6) is -1.26. The Morgan fingerprint density at radius 3 is 2.70 bits per heavy atom. The van der Waals surface area contributed by atoms with Gasteiger partial charge in [0, 0.05) is 13.1 Å². The van der Waals surface area contributed by atoms with Crippen LogP contribution < -0.4 is 0 Å². The Bertz CT molecular complexity index is 485. The quantitative estimate of drug-likeness (QED) is 0.820. The van der Waals surface area contributed by atoms with Crippen LogP contribution in [0.3, 0.4) is 0 Å². The molecule has 0 aromatic heterocycles. The molecule has 6 nitrogen and oxygen atoms in total. The predicted octanol–water partition coefficient (Wildman–Crippen LogP) is 0.759. The van der Waals surface area contributed by atoms with Crippen LogP contribution in [0.1, 0.15) is 15.9 Å². The van der Waals surface area contributed by atoms with Crippen molar-refractivity contribution in [3.8, 4) is 0 Å². The second-order valence-electron chi connectivity index (χ2n) is 4.59. The first-order valence-electron chi connectivity index (χ1n) is 6.33. The fourth-order valence-corrected chi connectivity index (χ4v) is 2.15. The van der Waals surface area contributed by atoms with Crippen molar-refractivity contribution in [2.45, 2.75) is 12.6 Å². The van der Waals surface area contributed by atoms with E-state index in [0.29, 0.717) is 25.3 Å². The van der Waals surface area contributed by atoms with E-state index in [4.69, 9.17) is 9.84 Å². The Hall–Kier alpha value is -1.92. The minimum absolute atomic E-state index is 0.204. The maximum atomic E-state index is 11.3. The highest BCUT2D eigenvalue weighted by molar-refractivity contribution is 5.89. The molecule has 6 heteroatoms. The van der Waals surface area contributed by atoms with Gasteiger partial charge in [0.15, 0.2) is 0 Å². The Morgan fingerprint density at radius 2 is 2.10 bits per heavy atom. The highest BCUT2D eigenvalue weighted by Gasteiger charge is 2.28. The van der Waals surface area contributed by atoms with Crippen molar-refractivity contribution in [3.05, 3.63) is 35.4 Å². The maximum Gasteiger partial charge on any atom is 0.337 e.